The van der Waals surface area contributed by atoms with Gasteiger partial charge >= 0.3 is 0 Å². The van der Waals surface area contributed by atoms with Gasteiger partial charge in [-0.25, -0.2) is 9.07 Å². The molecule has 0 N–H and O–H groups in total. The molecule has 0 saturated heterocycles. The molecule has 0 atom stereocenters. The second kappa shape index (κ2) is 7.70. The molecule has 2 aromatic carbocycles. The number of aromatic nitrogens is 2. The fourth-order valence-electron chi connectivity index (χ4n) is 2.80. The Morgan fingerprint density at radius 2 is 1.81 bits per heavy atom. The first-order chi connectivity index (χ1) is 12.5. The topological polar surface area (TPSA) is 38.1 Å². The Morgan fingerprint density at radius 1 is 1.15 bits per heavy atom. The molecule has 134 valence electrons. The molecule has 3 rings (SSSR count). The van der Waals surface area contributed by atoms with Gasteiger partial charge in [-0.05, 0) is 18.6 Å². The van der Waals surface area contributed by atoms with E-state index in [1.54, 1.807) is 36.9 Å². The first-order valence-electron chi connectivity index (χ1n) is 8.23. The van der Waals surface area contributed by atoms with Gasteiger partial charge in [-0.2, -0.15) is 5.10 Å². The Morgan fingerprint density at radius 3 is 2.50 bits per heavy atom. The normalized spacial score (nSPS) is 10.8. The van der Waals surface area contributed by atoms with Crippen LogP contribution in [0.1, 0.15) is 27.2 Å². The highest BCUT2D eigenvalue weighted by Gasteiger charge is 2.23. The largest absolute Gasteiger partial charge is 0.337 e. The molecular weight excluding hydrogens is 353 g/mol. The number of aryl methyl sites for hydroxylation is 1. The van der Waals surface area contributed by atoms with Crippen molar-refractivity contribution in [2.24, 2.45) is 0 Å². The van der Waals surface area contributed by atoms with E-state index in [1.807, 2.05) is 30.3 Å². The fraction of sp³-hybridized carbons (Fsp3) is 0.200. The van der Waals surface area contributed by atoms with E-state index in [0.717, 1.165) is 5.56 Å². The Kier molecular flexibility index (Phi) is 5.38. The van der Waals surface area contributed by atoms with Crippen LogP contribution in [0.3, 0.4) is 0 Å². The molecule has 4 nitrogen and oxygen atoms in total. The third-order valence-corrected chi connectivity index (χ3v) is 4.55. The molecule has 0 radical (unpaired) electrons. The lowest BCUT2D eigenvalue weighted by atomic mass is 10.2. The highest BCUT2D eigenvalue weighted by atomic mass is 35.5. The summed E-state index contributed by atoms with van der Waals surface area (Å²) in [6, 6.07) is 16.2. The van der Waals surface area contributed by atoms with Gasteiger partial charge in [0.05, 0.1) is 17.8 Å². The Balaban J connectivity index is 1.82. The number of hydrogen-bond donors (Lipinski definition) is 0. The van der Waals surface area contributed by atoms with Crippen LogP contribution in [0, 0.1) is 12.7 Å². The maximum atomic E-state index is 13.8. The number of amides is 1. The summed E-state index contributed by atoms with van der Waals surface area (Å²) < 4.78 is 15.4. The third-order valence-electron chi connectivity index (χ3n) is 4.17. The highest BCUT2D eigenvalue weighted by molar-refractivity contribution is 6.33. The zero-order valence-electron chi connectivity index (χ0n) is 14.6. The second-order valence-electron chi connectivity index (χ2n) is 6.15. The molecule has 0 fully saturated rings. The van der Waals surface area contributed by atoms with Gasteiger partial charge in [-0.3, -0.25) is 4.79 Å². The monoisotopic (exact) mass is 371 g/mol. The molecule has 0 unspecified atom stereocenters. The van der Waals surface area contributed by atoms with Crippen LogP contribution in [0.2, 0.25) is 5.15 Å². The molecule has 0 bridgehead atoms. The molecule has 0 spiro atoms. The van der Waals surface area contributed by atoms with E-state index in [-0.39, 0.29) is 23.4 Å². The molecule has 0 aliphatic heterocycles. The number of hydrogen-bond acceptors (Lipinski definition) is 2. The lowest BCUT2D eigenvalue weighted by molar-refractivity contribution is 0.0783. The minimum absolute atomic E-state index is 0.158. The van der Waals surface area contributed by atoms with E-state index in [1.165, 1.54) is 11.0 Å². The van der Waals surface area contributed by atoms with Crippen LogP contribution in [0.25, 0.3) is 0 Å². The van der Waals surface area contributed by atoms with E-state index < -0.39 is 0 Å². The number of rotatable bonds is 5. The van der Waals surface area contributed by atoms with Crippen molar-refractivity contribution in [2.75, 3.05) is 7.05 Å². The summed E-state index contributed by atoms with van der Waals surface area (Å²) in [4.78, 5) is 14.3. The summed E-state index contributed by atoms with van der Waals surface area (Å²) in [5.74, 6) is -0.621. The van der Waals surface area contributed by atoms with E-state index >= 15 is 0 Å². The van der Waals surface area contributed by atoms with Gasteiger partial charge in [0.15, 0.2) is 0 Å². The molecule has 1 aromatic heterocycles. The first kappa shape index (κ1) is 18.1. The molecule has 26 heavy (non-hydrogen) atoms. The zero-order chi connectivity index (χ0) is 18.7. The van der Waals surface area contributed by atoms with Crippen LogP contribution < -0.4 is 0 Å². The van der Waals surface area contributed by atoms with Crippen LogP contribution in [0.15, 0.2) is 54.6 Å². The Hall–Kier alpha value is -2.66. The molecule has 3 aromatic rings. The summed E-state index contributed by atoms with van der Waals surface area (Å²) >= 11 is 6.43. The van der Waals surface area contributed by atoms with E-state index in [9.17, 15) is 9.18 Å². The first-order valence-corrected chi connectivity index (χ1v) is 8.61. The van der Waals surface area contributed by atoms with Gasteiger partial charge in [-0.15, -0.1) is 0 Å². The van der Waals surface area contributed by atoms with Crippen molar-refractivity contribution in [2.45, 2.75) is 20.0 Å². The van der Waals surface area contributed by atoms with Gasteiger partial charge in [0.1, 0.15) is 11.0 Å². The summed E-state index contributed by atoms with van der Waals surface area (Å²) in [5.41, 5.74) is 2.39. The zero-order valence-corrected chi connectivity index (χ0v) is 15.4. The van der Waals surface area contributed by atoms with E-state index in [4.69, 9.17) is 11.6 Å². The van der Waals surface area contributed by atoms with Crippen molar-refractivity contribution in [3.63, 3.8) is 0 Å². The Bertz CT molecular complexity index is 924. The van der Waals surface area contributed by atoms with Crippen molar-refractivity contribution in [1.82, 2.24) is 14.7 Å². The summed E-state index contributed by atoms with van der Waals surface area (Å²) in [7, 11) is 1.62. The lowest BCUT2D eigenvalue weighted by Gasteiger charge is -2.17. The fourth-order valence-corrected chi connectivity index (χ4v) is 3.12. The summed E-state index contributed by atoms with van der Waals surface area (Å²) in [6.45, 7) is 2.38. The maximum Gasteiger partial charge on any atom is 0.258 e. The summed E-state index contributed by atoms with van der Waals surface area (Å²) in [6.07, 6.45) is 0. The van der Waals surface area contributed by atoms with Gasteiger partial charge in [0.2, 0.25) is 0 Å². The molecule has 0 saturated carbocycles. The highest BCUT2D eigenvalue weighted by Crippen LogP contribution is 2.23. The van der Waals surface area contributed by atoms with Crippen molar-refractivity contribution in [3.8, 4) is 0 Å². The van der Waals surface area contributed by atoms with E-state index in [0.29, 0.717) is 23.4 Å². The van der Waals surface area contributed by atoms with E-state index in [2.05, 4.69) is 5.10 Å². The summed E-state index contributed by atoms with van der Waals surface area (Å²) in [5, 5.41) is 4.69. The average Bonchev–Trinajstić information content (AvgIpc) is 2.90. The molecule has 6 heteroatoms. The molecule has 0 aliphatic rings. The van der Waals surface area contributed by atoms with Crippen LogP contribution >= 0.6 is 11.6 Å². The van der Waals surface area contributed by atoms with Crippen molar-refractivity contribution in [3.05, 3.63) is 88.0 Å². The smallest absolute Gasteiger partial charge is 0.258 e. The molecule has 1 heterocycles. The SMILES string of the molecule is Cc1nn(Cc2ccccc2)c(Cl)c1C(=O)N(C)Cc1ccccc1F. The van der Waals surface area contributed by atoms with Crippen LogP contribution in [-0.4, -0.2) is 27.6 Å². The number of nitrogens with zero attached hydrogens (tertiary/aromatic N) is 3. The predicted octanol–water partition coefficient (Wildman–Crippen LogP) is 4.30. The maximum absolute atomic E-state index is 13.8. The number of carbonyl (C=O) groups excluding carboxylic acids is 1. The predicted molar refractivity (Wildman–Crippen MR) is 99.7 cm³/mol. The number of benzene rings is 2. The second-order valence-corrected chi connectivity index (χ2v) is 6.51. The quantitative estimate of drug-likeness (QED) is 0.670. The molecule has 1 amide bonds. The van der Waals surface area contributed by atoms with Crippen molar-refractivity contribution in [1.29, 1.82) is 0 Å². The van der Waals surface area contributed by atoms with Crippen molar-refractivity contribution >= 4 is 17.5 Å². The number of carbonyl (C=O) groups is 1. The standard InChI is InChI=1S/C20H19ClFN3O/c1-14-18(19(21)25(23-14)12-15-8-4-3-5-9-15)20(26)24(2)13-16-10-6-7-11-17(16)22/h3-11H,12-13H2,1-2H3. The van der Waals surface area contributed by atoms with Gasteiger partial charge in [-0.1, -0.05) is 60.1 Å². The van der Waals surface area contributed by atoms with Gasteiger partial charge in [0.25, 0.3) is 5.91 Å². The van der Waals surface area contributed by atoms with Crippen molar-refractivity contribution < 1.29 is 9.18 Å². The van der Waals surface area contributed by atoms with Crippen LogP contribution in [0.4, 0.5) is 4.39 Å². The molecular formula is C20H19ClFN3O. The lowest BCUT2D eigenvalue weighted by Crippen LogP contribution is -2.27. The van der Waals surface area contributed by atoms with Crippen LogP contribution in [0.5, 0.6) is 0 Å². The molecule has 0 aliphatic carbocycles. The van der Waals surface area contributed by atoms with Gasteiger partial charge < -0.3 is 4.90 Å². The van der Waals surface area contributed by atoms with Gasteiger partial charge in [0, 0.05) is 19.2 Å². The minimum Gasteiger partial charge on any atom is -0.337 e. The Labute approximate surface area is 156 Å². The minimum atomic E-state index is -0.338. The van der Waals surface area contributed by atoms with Crippen LogP contribution in [-0.2, 0) is 13.1 Å². The number of halogens is 2. The average molecular weight is 372 g/mol. The third kappa shape index (κ3) is 3.78.